The molecule has 0 amide bonds. The third-order valence-electron chi connectivity index (χ3n) is 0. The first-order chi connectivity index (χ1) is 0. The van der Waals surface area contributed by atoms with E-state index >= 15 is 0 Å². The van der Waals surface area contributed by atoms with Crippen molar-refractivity contribution in [2.45, 2.75) is 0 Å². The van der Waals surface area contributed by atoms with Crippen molar-refractivity contribution in [3.05, 3.63) is 0 Å². The van der Waals surface area contributed by atoms with Crippen molar-refractivity contribution in [2.24, 2.45) is 0 Å². The standard InChI is InChI=1S/Ca.La.Y.Yb.2H/q+2;;;;2*-1. The molecule has 0 saturated carbocycles. The Balaban J connectivity index is 0. The second kappa shape index (κ2) is 15.7. The molecule has 0 aliphatic heterocycles. The average Bonchev–Trinajstić information content (AvgIpc) is 0. The number of hydrogen-bond donors (Lipinski definition) is 0. The van der Waals surface area contributed by atoms with Crippen molar-refractivity contribution in [3.8, 4) is 0 Å². The molecule has 0 heterocycles. The molecule has 0 nitrogen and oxygen atoms in total. The van der Waals surface area contributed by atoms with Gasteiger partial charge in [0.15, 0.2) is 0 Å². The molecule has 0 aromatic rings. The van der Waals surface area contributed by atoms with E-state index in [1.54, 1.807) is 0 Å². The fourth-order valence-corrected chi connectivity index (χ4v) is 0. The van der Waals surface area contributed by atoms with E-state index in [4.69, 9.17) is 0 Å². The van der Waals surface area contributed by atoms with Gasteiger partial charge in [-0.3, -0.25) is 0 Å². The van der Waals surface area contributed by atoms with Crippen LogP contribution in [-0.2, 0) is 32.7 Å². The van der Waals surface area contributed by atoms with Crippen LogP contribution < -0.4 is 0 Å². The van der Waals surface area contributed by atoms with Crippen molar-refractivity contribution in [2.75, 3.05) is 0 Å². The summed E-state index contributed by atoms with van der Waals surface area (Å²) < 4.78 is 0. The Bertz CT molecular complexity index is 13.5. The van der Waals surface area contributed by atoms with Gasteiger partial charge in [0.1, 0.15) is 0 Å². The summed E-state index contributed by atoms with van der Waals surface area (Å²) in [5, 5.41) is 0. The van der Waals surface area contributed by atoms with Gasteiger partial charge in [-0.1, -0.05) is 0 Å². The summed E-state index contributed by atoms with van der Waals surface area (Å²) >= 11 is 0. The summed E-state index contributed by atoms with van der Waals surface area (Å²) in [6.45, 7) is 0. The third-order valence-corrected chi connectivity index (χ3v) is 0. The Morgan fingerprint density at radius 2 is 1.25 bits per heavy atom. The molecule has 2 radical (unpaired) electrons. The van der Waals surface area contributed by atoms with Crippen LogP contribution in [0.15, 0.2) is 0 Å². The van der Waals surface area contributed by atoms with Gasteiger partial charge in [0, 0.05) is 115 Å². The minimum Gasteiger partial charge on any atom is -1.00 e. The van der Waals surface area contributed by atoms with E-state index in [0.717, 1.165) is 0 Å². The molecular formula is H2CaLaYYb. The van der Waals surface area contributed by atoms with Gasteiger partial charge in [0.2, 0.25) is 0 Å². The maximum absolute atomic E-state index is 0. The minimum absolute atomic E-state index is 0. The number of rotatable bonds is 0. The van der Waals surface area contributed by atoms with Crippen LogP contribution in [0.5, 0.6) is 0 Å². The van der Waals surface area contributed by atoms with Gasteiger partial charge in [0.25, 0.3) is 0 Å². The zero-order valence-electron chi connectivity index (χ0n) is 4.13. The zero-order valence-corrected chi connectivity index (χ0v) is 12.5. The second-order valence-corrected chi connectivity index (χ2v) is 0. The first-order valence-electron chi connectivity index (χ1n) is 0. The van der Waals surface area contributed by atoms with Crippen molar-refractivity contribution in [1.29, 1.82) is 0 Å². The molecule has 0 aromatic carbocycles. The first-order valence-corrected chi connectivity index (χ1v) is 0. The van der Waals surface area contributed by atoms with Crippen LogP contribution in [0.2, 0.25) is 0 Å². The fraction of sp³-hybridized carbons (Fsp3) is 0. The molecule has 0 aliphatic rings. The monoisotopic (exact) mass is 444 g/mol. The van der Waals surface area contributed by atoms with E-state index in [0.29, 0.717) is 0 Å². The largest absolute Gasteiger partial charge is 2.00 e. The smallest absolute Gasteiger partial charge is 1.00 e. The summed E-state index contributed by atoms with van der Waals surface area (Å²) in [6.07, 6.45) is 0. The minimum atomic E-state index is 0. The van der Waals surface area contributed by atoms with Crippen LogP contribution in [0.4, 0.5) is 0 Å². The van der Waals surface area contributed by atoms with E-state index < -0.39 is 0 Å². The molecule has 0 spiro atoms. The van der Waals surface area contributed by atoms with Gasteiger partial charge >= 0.3 is 37.7 Å². The summed E-state index contributed by atoms with van der Waals surface area (Å²) in [6, 6.07) is 0. The van der Waals surface area contributed by atoms with Gasteiger partial charge < -0.3 is 2.85 Å². The average molecular weight is 443 g/mol. The summed E-state index contributed by atoms with van der Waals surface area (Å²) in [5.74, 6) is 0. The summed E-state index contributed by atoms with van der Waals surface area (Å²) in [5.41, 5.74) is 0. The first kappa shape index (κ1) is 23.0. The quantitative estimate of drug-likeness (QED) is 0.457. The van der Waals surface area contributed by atoms with E-state index in [-0.39, 0.29) is 156 Å². The second-order valence-electron chi connectivity index (χ2n) is 0. The van der Waals surface area contributed by atoms with Crippen LogP contribution >= 0.6 is 0 Å². The van der Waals surface area contributed by atoms with E-state index in [2.05, 4.69) is 0 Å². The van der Waals surface area contributed by atoms with E-state index in [1.165, 1.54) is 0 Å². The maximum Gasteiger partial charge on any atom is 2.00 e. The molecule has 0 fully saturated rings. The van der Waals surface area contributed by atoms with Crippen molar-refractivity contribution < 1.29 is 118 Å². The van der Waals surface area contributed by atoms with E-state index in [1.807, 2.05) is 0 Å². The Labute approximate surface area is 151 Å². The summed E-state index contributed by atoms with van der Waals surface area (Å²) in [7, 11) is 0. The third kappa shape index (κ3) is 10.1. The van der Waals surface area contributed by atoms with Gasteiger partial charge in [-0.25, -0.2) is 0 Å². The Kier molecular flexibility index (Phi) is 90.1. The van der Waals surface area contributed by atoms with Gasteiger partial charge in [0.05, 0.1) is 0 Å². The SMILES string of the molecule is [Ca+2].[H-].[H-].[La].[Y].[Yb]. The van der Waals surface area contributed by atoms with Crippen molar-refractivity contribution in [1.82, 2.24) is 0 Å². The Morgan fingerprint density at radius 3 is 1.25 bits per heavy atom. The van der Waals surface area contributed by atoms with Gasteiger partial charge in [-0.05, 0) is 0 Å². The van der Waals surface area contributed by atoms with Crippen LogP contribution in [0, 0.1) is 82.5 Å². The fourth-order valence-electron chi connectivity index (χ4n) is 0. The number of hydrogen-bond acceptors (Lipinski definition) is 0. The topological polar surface area (TPSA) is 0 Å². The van der Waals surface area contributed by atoms with Crippen LogP contribution in [-0.4, -0.2) is 37.7 Å². The van der Waals surface area contributed by atoms with Crippen molar-refractivity contribution in [3.63, 3.8) is 0 Å². The van der Waals surface area contributed by atoms with Gasteiger partial charge in [-0.2, -0.15) is 0 Å². The molecule has 0 bridgehead atoms. The molecule has 0 unspecified atom stereocenters. The molecule has 0 N–H and O–H groups in total. The molecule has 0 saturated heterocycles. The normalized spacial score (nSPS) is 0. The molecule has 4 heteroatoms. The Morgan fingerprint density at radius 1 is 1.25 bits per heavy atom. The van der Waals surface area contributed by atoms with Crippen LogP contribution in [0.25, 0.3) is 0 Å². The molecule has 0 rings (SSSR count). The van der Waals surface area contributed by atoms with Crippen molar-refractivity contribution >= 4 is 37.7 Å². The molecular weight excluding hydrogens is 441 g/mol. The summed E-state index contributed by atoms with van der Waals surface area (Å²) in [4.78, 5) is 0. The zero-order chi connectivity index (χ0) is 0. The molecule has 4 heavy (non-hydrogen) atoms. The molecule has 24 valence electrons. The molecule has 0 atom stereocenters. The predicted molar refractivity (Wildman–Crippen MR) is 7.98 cm³/mol. The molecule has 0 aromatic heterocycles. The molecule has 0 aliphatic carbocycles. The van der Waals surface area contributed by atoms with Crippen LogP contribution in [0.3, 0.4) is 0 Å². The van der Waals surface area contributed by atoms with Gasteiger partial charge in [-0.15, -0.1) is 0 Å². The Hall–Kier alpha value is 5.08. The maximum atomic E-state index is 0. The predicted octanol–water partition coefficient (Wildman–Crippen LogP) is -0.158. The van der Waals surface area contributed by atoms with Crippen LogP contribution in [0.1, 0.15) is 2.85 Å². The van der Waals surface area contributed by atoms with E-state index in [9.17, 15) is 0 Å².